The Morgan fingerprint density at radius 1 is 1.24 bits per heavy atom. The molecule has 0 bridgehead atoms. The first-order chi connectivity index (χ1) is 10.1. The molecule has 0 fully saturated rings. The van der Waals surface area contributed by atoms with Crippen molar-refractivity contribution in [2.24, 2.45) is 0 Å². The molecule has 2 aromatic carbocycles. The van der Waals surface area contributed by atoms with Crippen molar-refractivity contribution in [3.8, 4) is 11.5 Å². The average Bonchev–Trinajstić information content (AvgIpc) is 2.47. The van der Waals surface area contributed by atoms with Crippen molar-refractivity contribution >= 4 is 15.9 Å². The standard InChI is InChI=1S/C16H16BrFO3/c1-3-21-11-5-6-12(13(17)9-11)16(19)10-4-7-14(18)15(8-10)20-2/h4-9,16,19H,3H2,1-2H3. The van der Waals surface area contributed by atoms with Gasteiger partial charge in [-0.3, -0.25) is 0 Å². The summed E-state index contributed by atoms with van der Waals surface area (Å²) in [7, 11) is 1.39. The van der Waals surface area contributed by atoms with Crippen LogP contribution in [0.4, 0.5) is 4.39 Å². The molecule has 0 radical (unpaired) electrons. The van der Waals surface area contributed by atoms with E-state index in [1.807, 2.05) is 6.92 Å². The molecule has 0 saturated carbocycles. The fourth-order valence-electron chi connectivity index (χ4n) is 2.01. The van der Waals surface area contributed by atoms with Gasteiger partial charge in [-0.2, -0.15) is 0 Å². The number of ether oxygens (including phenoxy) is 2. The number of benzene rings is 2. The maximum atomic E-state index is 13.4. The number of methoxy groups -OCH3 is 1. The molecule has 21 heavy (non-hydrogen) atoms. The number of hydrogen-bond acceptors (Lipinski definition) is 3. The van der Waals surface area contributed by atoms with Crippen molar-refractivity contribution < 1.29 is 19.0 Å². The van der Waals surface area contributed by atoms with Crippen LogP contribution in [0.5, 0.6) is 11.5 Å². The van der Waals surface area contributed by atoms with E-state index >= 15 is 0 Å². The molecule has 0 aliphatic rings. The van der Waals surface area contributed by atoms with Gasteiger partial charge in [-0.15, -0.1) is 0 Å². The minimum Gasteiger partial charge on any atom is -0.494 e. The van der Waals surface area contributed by atoms with Gasteiger partial charge < -0.3 is 14.6 Å². The predicted molar refractivity (Wildman–Crippen MR) is 82.3 cm³/mol. The summed E-state index contributed by atoms with van der Waals surface area (Å²) >= 11 is 3.42. The lowest BCUT2D eigenvalue weighted by atomic mass is 10.0. The highest BCUT2D eigenvalue weighted by Crippen LogP contribution is 2.33. The maximum Gasteiger partial charge on any atom is 0.165 e. The zero-order chi connectivity index (χ0) is 15.4. The van der Waals surface area contributed by atoms with E-state index in [-0.39, 0.29) is 5.75 Å². The van der Waals surface area contributed by atoms with E-state index < -0.39 is 11.9 Å². The van der Waals surface area contributed by atoms with E-state index in [9.17, 15) is 9.50 Å². The van der Waals surface area contributed by atoms with E-state index in [1.54, 1.807) is 18.2 Å². The van der Waals surface area contributed by atoms with Gasteiger partial charge in [-0.25, -0.2) is 4.39 Å². The molecular weight excluding hydrogens is 339 g/mol. The quantitative estimate of drug-likeness (QED) is 0.879. The van der Waals surface area contributed by atoms with E-state index in [0.717, 1.165) is 10.2 Å². The van der Waals surface area contributed by atoms with Crippen LogP contribution in [0.15, 0.2) is 40.9 Å². The molecule has 0 saturated heterocycles. The fourth-order valence-corrected chi connectivity index (χ4v) is 2.59. The van der Waals surface area contributed by atoms with Crippen LogP contribution in [0, 0.1) is 5.82 Å². The minimum atomic E-state index is -0.885. The van der Waals surface area contributed by atoms with Crippen LogP contribution in [0.2, 0.25) is 0 Å². The summed E-state index contributed by atoms with van der Waals surface area (Å²) in [5, 5.41) is 10.5. The van der Waals surface area contributed by atoms with Crippen molar-refractivity contribution in [3.05, 3.63) is 57.8 Å². The Bertz CT molecular complexity index is 631. The van der Waals surface area contributed by atoms with Crippen molar-refractivity contribution in [1.29, 1.82) is 0 Å². The van der Waals surface area contributed by atoms with E-state index in [1.165, 1.54) is 25.3 Å². The first-order valence-electron chi connectivity index (χ1n) is 6.50. The van der Waals surface area contributed by atoms with Gasteiger partial charge in [0.1, 0.15) is 11.9 Å². The van der Waals surface area contributed by atoms with Crippen LogP contribution in [-0.4, -0.2) is 18.8 Å². The normalized spacial score (nSPS) is 12.0. The number of aliphatic hydroxyl groups is 1. The summed E-state index contributed by atoms with van der Waals surface area (Å²) in [6, 6.07) is 9.65. The molecule has 1 N–H and O–H groups in total. The smallest absolute Gasteiger partial charge is 0.165 e. The van der Waals surface area contributed by atoms with Gasteiger partial charge in [0, 0.05) is 4.47 Å². The van der Waals surface area contributed by atoms with Gasteiger partial charge in [-0.1, -0.05) is 28.1 Å². The first kappa shape index (κ1) is 15.8. The number of aliphatic hydroxyl groups excluding tert-OH is 1. The van der Waals surface area contributed by atoms with Gasteiger partial charge >= 0.3 is 0 Å². The highest BCUT2D eigenvalue weighted by molar-refractivity contribution is 9.10. The third-order valence-corrected chi connectivity index (χ3v) is 3.76. The Morgan fingerprint density at radius 2 is 2.00 bits per heavy atom. The third kappa shape index (κ3) is 3.54. The van der Waals surface area contributed by atoms with Crippen molar-refractivity contribution in [3.63, 3.8) is 0 Å². The van der Waals surface area contributed by atoms with Crippen LogP contribution < -0.4 is 9.47 Å². The Kier molecular flexibility index (Phi) is 5.20. The van der Waals surface area contributed by atoms with Crippen LogP contribution in [0.3, 0.4) is 0 Å². The Hall–Kier alpha value is -1.59. The molecule has 1 atom stereocenters. The lowest BCUT2D eigenvalue weighted by Gasteiger charge is -2.15. The summed E-state index contributed by atoms with van der Waals surface area (Å²) < 4.78 is 24.5. The molecule has 0 aliphatic heterocycles. The van der Waals surface area contributed by atoms with Gasteiger partial charge in [-0.05, 0) is 42.3 Å². The van der Waals surface area contributed by atoms with E-state index in [0.29, 0.717) is 17.7 Å². The molecule has 3 nitrogen and oxygen atoms in total. The maximum absolute atomic E-state index is 13.4. The van der Waals surface area contributed by atoms with E-state index in [2.05, 4.69) is 15.9 Å². The number of rotatable bonds is 5. The SMILES string of the molecule is CCOc1ccc(C(O)c2ccc(F)c(OC)c2)c(Br)c1. The molecular formula is C16H16BrFO3. The molecule has 5 heteroatoms. The van der Waals surface area contributed by atoms with Gasteiger partial charge in [0.2, 0.25) is 0 Å². The molecule has 0 aromatic heterocycles. The summed E-state index contributed by atoms with van der Waals surface area (Å²) in [5.74, 6) is 0.366. The topological polar surface area (TPSA) is 38.7 Å². The molecule has 2 aromatic rings. The molecule has 0 amide bonds. The predicted octanol–water partition coefficient (Wildman–Crippen LogP) is 4.08. The summed E-state index contributed by atoms with van der Waals surface area (Å²) in [5.41, 5.74) is 1.23. The minimum absolute atomic E-state index is 0.105. The van der Waals surface area contributed by atoms with Gasteiger partial charge in [0.15, 0.2) is 11.6 Å². The molecule has 1 unspecified atom stereocenters. The fraction of sp³-hybridized carbons (Fsp3) is 0.250. The van der Waals surface area contributed by atoms with E-state index in [4.69, 9.17) is 9.47 Å². The largest absolute Gasteiger partial charge is 0.494 e. The Labute approximate surface area is 131 Å². The lowest BCUT2D eigenvalue weighted by Crippen LogP contribution is -2.02. The zero-order valence-corrected chi connectivity index (χ0v) is 13.4. The number of halogens is 2. The van der Waals surface area contributed by atoms with Crippen molar-refractivity contribution in [1.82, 2.24) is 0 Å². The Balaban J connectivity index is 2.33. The van der Waals surface area contributed by atoms with Crippen molar-refractivity contribution in [2.75, 3.05) is 13.7 Å². The summed E-state index contributed by atoms with van der Waals surface area (Å²) in [4.78, 5) is 0. The third-order valence-electron chi connectivity index (χ3n) is 3.07. The van der Waals surface area contributed by atoms with Crippen LogP contribution in [0.1, 0.15) is 24.2 Å². The van der Waals surface area contributed by atoms with Crippen LogP contribution in [-0.2, 0) is 0 Å². The van der Waals surface area contributed by atoms with Crippen molar-refractivity contribution in [2.45, 2.75) is 13.0 Å². The monoisotopic (exact) mass is 354 g/mol. The molecule has 0 aliphatic carbocycles. The molecule has 2 rings (SSSR count). The second-order valence-electron chi connectivity index (χ2n) is 4.41. The first-order valence-corrected chi connectivity index (χ1v) is 7.29. The molecule has 0 spiro atoms. The molecule has 112 valence electrons. The zero-order valence-electron chi connectivity index (χ0n) is 11.8. The van der Waals surface area contributed by atoms with Crippen LogP contribution in [0.25, 0.3) is 0 Å². The second kappa shape index (κ2) is 6.91. The second-order valence-corrected chi connectivity index (χ2v) is 5.27. The Morgan fingerprint density at radius 3 is 2.62 bits per heavy atom. The summed E-state index contributed by atoms with van der Waals surface area (Å²) in [6.07, 6.45) is -0.885. The van der Waals surface area contributed by atoms with Gasteiger partial charge in [0.05, 0.1) is 13.7 Å². The average molecular weight is 355 g/mol. The summed E-state index contributed by atoms with van der Waals surface area (Å²) in [6.45, 7) is 2.48. The molecule has 0 heterocycles. The van der Waals surface area contributed by atoms with Gasteiger partial charge in [0.25, 0.3) is 0 Å². The van der Waals surface area contributed by atoms with Crippen LogP contribution >= 0.6 is 15.9 Å². The number of hydrogen-bond donors (Lipinski definition) is 1. The lowest BCUT2D eigenvalue weighted by molar-refractivity contribution is 0.218. The highest BCUT2D eigenvalue weighted by atomic mass is 79.9. The highest BCUT2D eigenvalue weighted by Gasteiger charge is 2.16.